The van der Waals surface area contributed by atoms with E-state index < -0.39 is 5.97 Å². The van der Waals surface area contributed by atoms with Gasteiger partial charge in [0.2, 0.25) is 0 Å². The van der Waals surface area contributed by atoms with E-state index in [9.17, 15) is 9.90 Å². The Labute approximate surface area is 114 Å². The Balaban J connectivity index is 2.05. The molecule has 1 heterocycles. The highest BCUT2D eigenvalue weighted by Crippen LogP contribution is 2.44. The Morgan fingerprint density at radius 2 is 2.05 bits per heavy atom. The van der Waals surface area contributed by atoms with E-state index >= 15 is 0 Å². The largest absolute Gasteiger partial charge is 0.481 e. The minimum atomic E-state index is -0.662. The minimum Gasteiger partial charge on any atom is -0.481 e. The van der Waals surface area contributed by atoms with E-state index in [0.29, 0.717) is 6.04 Å². The molecule has 0 radical (unpaired) electrons. The van der Waals surface area contributed by atoms with E-state index in [1.165, 1.54) is 12.8 Å². The lowest BCUT2D eigenvalue weighted by molar-refractivity contribution is -0.140. The van der Waals surface area contributed by atoms with Gasteiger partial charge in [0.05, 0.1) is 5.92 Å². The van der Waals surface area contributed by atoms with Gasteiger partial charge in [0, 0.05) is 11.7 Å². The van der Waals surface area contributed by atoms with Crippen molar-refractivity contribution >= 4 is 11.7 Å². The number of carboxylic acids is 1. The predicted molar refractivity (Wildman–Crippen MR) is 75.5 cm³/mol. The van der Waals surface area contributed by atoms with Crippen LogP contribution in [0.5, 0.6) is 0 Å². The molecule has 19 heavy (non-hydrogen) atoms. The molecule has 0 bridgehead atoms. The second-order valence-electron chi connectivity index (χ2n) is 5.96. The highest BCUT2D eigenvalue weighted by molar-refractivity contribution is 5.81. The summed E-state index contributed by atoms with van der Waals surface area (Å²) >= 11 is 0. The summed E-state index contributed by atoms with van der Waals surface area (Å²) in [6.45, 7) is 2.03. The molecule has 102 valence electrons. The zero-order chi connectivity index (χ0) is 13.4. The predicted octanol–water partition coefficient (Wildman–Crippen LogP) is 3.54. The summed E-state index contributed by atoms with van der Waals surface area (Å²) in [5.41, 5.74) is 3.15. The molecule has 0 aromatic heterocycles. The molecule has 3 rings (SSSR count). The van der Waals surface area contributed by atoms with Crippen LogP contribution in [0.15, 0.2) is 18.2 Å². The number of carboxylic acid groups (broad SMARTS) is 1. The summed E-state index contributed by atoms with van der Waals surface area (Å²) in [5.74, 6) is -0.751. The molecule has 0 saturated heterocycles. The van der Waals surface area contributed by atoms with Crippen LogP contribution >= 0.6 is 0 Å². The first-order valence-corrected chi connectivity index (χ1v) is 7.26. The number of nitrogens with one attached hydrogen (secondary N) is 1. The summed E-state index contributed by atoms with van der Waals surface area (Å²) < 4.78 is 0. The van der Waals surface area contributed by atoms with Gasteiger partial charge < -0.3 is 10.4 Å². The van der Waals surface area contributed by atoms with Crippen LogP contribution in [0.2, 0.25) is 0 Å². The molecule has 3 heteroatoms. The molecule has 1 fully saturated rings. The van der Waals surface area contributed by atoms with Gasteiger partial charge in [-0.15, -0.1) is 0 Å². The van der Waals surface area contributed by atoms with Crippen molar-refractivity contribution in [3.8, 4) is 0 Å². The second-order valence-corrected chi connectivity index (χ2v) is 5.96. The van der Waals surface area contributed by atoms with E-state index in [1.54, 1.807) is 0 Å². The molecule has 3 unspecified atom stereocenters. The first kappa shape index (κ1) is 12.5. The average Bonchev–Trinajstić information content (AvgIpc) is 2.60. The van der Waals surface area contributed by atoms with Crippen molar-refractivity contribution in [1.29, 1.82) is 0 Å². The van der Waals surface area contributed by atoms with Gasteiger partial charge in [-0.25, -0.2) is 0 Å². The molecule has 3 atom stereocenters. The number of rotatable bonds is 1. The highest BCUT2D eigenvalue weighted by Gasteiger charge is 2.40. The van der Waals surface area contributed by atoms with Crippen molar-refractivity contribution in [3.63, 3.8) is 0 Å². The number of aliphatic carboxylic acids is 1. The maximum absolute atomic E-state index is 11.8. The van der Waals surface area contributed by atoms with Gasteiger partial charge in [-0.1, -0.05) is 37.0 Å². The monoisotopic (exact) mass is 259 g/mol. The molecule has 1 aliphatic heterocycles. The van der Waals surface area contributed by atoms with Crippen LogP contribution < -0.4 is 5.32 Å². The van der Waals surface area contributed by atoms with E-state index in [2.05, 4.69) is 11.4 Å². The lowest BCUT2D eigenvalue weighted by Gasteiger charge is -2.38. The highest BCUT2D eigenvalue weighted by atomic mass is 16.4. The molecule has 0 spiro atoms. The molecule has 2 N–H and O–H groups in total. The minimum absolute atomic E-state index is 0.245. The van der Waals surface area contributed by atoms with Crippen LogP contribution in [0.3, 0.4) is 0 Å². The molecule has 1 aromatic rings. The van der Waals surface area contributed by atoms with Crippen molar-refractivity contribution in [2.24, 2.45) is 5.92 Å². The maximum Gasteiger partial charge on any atom is 0.311 e. The maximum atomic E-state index is 11.8. The first-order valence-electron chi connectivity index (χ1n) is 7.26. The molecule has 2 aliphatic rings. The number of hydrogen-bond acceptors (Lipinski definition) is 2. The second kappa shape index (κ2) is 4.87. The zero-order valence-electron chi connectivity index (χ0n) is 11.4. The quantitative estimate of drug-likeness (QED) is 0.811. The smallest absolute Gasteiger partial charge is 0.311 e. The Hall–Kier alpha value is -1.51. The summed E-state index contributed by atoms with van der Waals surface area (Å²) in [5, 5.41) is 13.3. The van der Waals surface area contributed by atoms with Gasteiger partial charge in [-0.3, -0.25) is 4.79 Å². The normalized spacial score (nSPS) is 29.6. The van der Waals surface area contributed by atoms with Crippen molar-refractivity contribution in [3.05, 3.63) is 29.3 Å². The molecular formula is C16H21NO2. The number of hydrogen-bond donors (Lipinski definition) is 2. The third-order valence-electron chi connectivity index (χ3n) is 4.65. The van der Waals surface area contributed by atoms with E-state index in [0.717, 1.165) is 36.1 Å². The lowest BCUT2D eigenvalue weighted by Crippen LogP contribution is -2.40. The van der Waals surface area contributed by atoms with Crippen LogP contribution in [-0.4, -0.2) is 17.1 Å². The standard InChI is InChI=1S/C16H21NO2/c1-10-7-8-14-12(9-10)15(16(18)19)11-5-3-2-4-6-13(11)17-14/h7-9,11,13,15,17H,2-6H2,1H3,(H,18,19). The fourth-order valence-corrected chi connectivity index (χ4v) is 3.73. The fourth-order valence-electron chi connectivity index (χ4n) is 3.73. The summed E-state index contributed by atoms with van der Waals surface area (Å²) in [4.78, 5) is 11.8. The first-order chi connectivity index (χ1) is 9.16. The fraction of sp³-hybridized carbons (Fsp3) is 0.562. The summed E-state index contributed by atoms with van der Waals surface area (Å²) in [6.07, 6.45) is 5.73. The third-order valence-corrected chi connectivity index (χ3v) is 4.65. The number of fused-ring (bicyclic) bond motifs is 2. The third kappa shape index (κ3) is 2.22. The van der Waals surface area contributed by atoms with Gasteiger partial charge in [0.1, 0.15) is 0 Å². The Morgan fingerprint density at radius 3 is 2.84 bits per heavy atom. The van der Waals surface area contributed by atoms with Gasteiger partial charge in [-0.05, 0) is 37.3 Å². The molecule has 1 aromatic carbocycles. The lowest BCUT2D eigenvalue weighted by atomic mass is 9.75. The van der Waals surface area contributed by atoms with Crippen molar-refractivity contribution < 1.29 is 9.90 Å². The van der Waals surface area contributed by atoms with Crippen molar-refractivity contribution in [2.75, 3.05) is 5.32 Å². The average molecular weight is 259 g/mol. The Kier molecular flexibility index (Phi) is 3.21. The van der Waals surface area contributed by atoms with Gasteiger partial charge >= 0.3 is 5.97 Å². The van der Waals surface area contributed by atoms with Gasteiger partial charge in [0.25, 0.3) is 0 Å². The van der Waals surface area contributed by atoms with Crippen LogP contribution in [0.25, 0.3) is 0 Å². The topological polar surface area (TPSA) is 49.3 Å². The Bertz CT molecular complexity index is 498. The molecular weight excluding hydrogens is 238 g/mol. The number of aryl methyl sites for hydroxylation is 1. The van der Waals surface area contributed by atoms with E-state index in [1.807, 2.05) is 19.1 Å². The number of benzene rings is 1. The van der Waals surface area contributed by atoms with Crippen LogP contribution in [0, 0.1) is 12.8 Å². The SMILES string of the molecule is Cc1ccc2c(c1)C(C(=O)O)C1CCCCCC1N2. The number of carbonyl (C=O) groups is 1. The molecule has 0 amide bonds. The van der Waals surface area contributed by atoms with E-state index in [4.69, 9.17) is 0 Å². The van der Waals surface area contributed by atoms with Crippen LogP contribution in [-0.2, 0) is 4.79 Å². The van der Waals surface area contributed by atoms with Crippen molar-refractivity contribution in [1.82, 2.24) is 0 Å². The van der Waals surface area contributed by atoms with Gasteiger partial charge in [-0.2, -0.15) is 0 Å². The Morgan fingerprint density at radius 1 is 1.26 bits per heavy atom. The molecule has 1 saturated carbocycles. The zero-order valence-corrected chi connectivity index (χ0v) is 11.4. The molecule has 3 nitrogen and oxygen atoms in total. The molecule has 1 aliphatic carbocycles. The number of anilines is 1. The van der Waals surface area contributed by atoms with Crippen LogP contribution in [0.4, 0.5) is 5.69 Å². The summed E-state index contributed by atoms with van der Waals surface area (Å²) in [7, 11) is 0. The van der Waals surface area contributed by atoms with Crippen molar-refractivity contribution in [2.45, 2.75) is 51.0 Å². The van der Waals surface area contributed by atoms with E-state index in [-0.39, 0.29) is 11.8 Å². The summed E-state index contributed by atoms with van der Waals surface area (Å²) in [6, 6.07) is 6.48. The van der Waals surface area contributed by atoms with Gasteiger partial charge in [0.15, 0.2) is 0 Å². The van der Waals surface area contributed by atoms with Crippen LogP contribution in [0.1, 0.15) is 49.1 Å².